The van der Waals surface area contributed by atoms with Crippen molar-refractivity contribution in [2.24, 2.45) is 0 Å². The predicted molar refractivity (Wildman–Crippen MR) is 105 cm³/mol. The second-order valence-electron chi connectivity index (χ2n) is 7.40. The summed E-state index contributed by atoms with van der Waals surface area (Å²) in [4.78, 5) is 25.0. The van der Waals surface area contributed by atoms with E-state index in [0.717, 1.165) is 22.4 Å². The normalized spacial score (nSPS) is 18.0. The van der Waals surface area contributed by atoms with Gasteiger partial charge >= 0.3 is 6.18 Å². The van der Waals surface area contributed by atoms with Gasteiger partial charge in [0.25, 0.3) is 5.91 Å². The topological polar surface area (TPSA) is 64.0 Å². The second-order valence-corrected chi connectivity index (χ2v) is 7.40. The Labute approximate surface area is 174 Å². The Balaban J connectivity index is 1.62. The Morgan fingerprint density at radius 3 is 2.58 bits per heavy atom. The molecule has 1 aliphatic rings. The van der Waals surface area contributed by atoms with Gasteiger partial charge < -0.3 is 5.32 Å². The lowest BCUT2D eigenvalue weighted by Crippen LogP contribution is -2.34. The first-order valence-electron chi connectivity index (χ1n) is 9.49. The lowest BCUT2D eigenvalue weighted by molar-refractivity contribution is -0.137. The number of carbonyl (C=O) groups is 1. The highest BCUT2D eigenvalue weighted by Crippen LogP contribution is 2.41. The average Bonchev–Trinajstić information content (AvgIpc) is 3.46. The maximum atomic E-state index is 13.4. The van der Waals surface area contributed by atoms with Crippen LogP contribution in [-0.4, -0.2) is 21.7 Å². The summed E-state index contributed by atoms with van der Waals surface area (Å²) in [5.74, 6) is -1.27. The minimum absolute atomic E-state index is 0.0988. The van der Waals surface area contributed by atoms with Crippen LogP contribution in [0.25, 0.3) is 5.69 Å². The number of para-hydroxylation sites is 1. The van der Waals surface area contributed by atoms with Crippen molar-refractivity contribution in [2.75, 3.05) is 0 Å². The van der Waals surface area contributed by atoms with Crippen LogP contribution in [0, 0.1) is 12.7 Å². The van der Waals surface area contributed by atoms with Gasteiger partial charge in [0.15, 0.2) is 5.69 Å². The number of benzene rings is 2. The third-order valence-corrected chi connectivity index (χ3v) is 5.14. The van der Waals surface area contributed by atoms with Crippen LogP contribution in [0.4, 0.5) is 17.6 Å². The summed E-state index contributed by atoms with van der Waals surface area (Å²) in [5, 5.41) is 6.60. The molecule has 2 aromatic carbocycles. The number of hydrogen-bond donors (Lipinski definition) is 1. The SMILES string of the molecule is Cc1cc(=O)c(C(=O)N[C@H]2C[C@@H]2c2cccc(F)c2)nn1-c1ccccc1C(F)(F)F. The minimum atomic E-state index is -4.64. The van der Waals surface area contributed by atoms with Crippen LogP contribution in [-0.2, 0) is 6.18 Å². The molecule has 0 saturated heterocycles. The highest BCUT2D eigenvalue weighted by atomic mass is 19.4. The van der Waals surface area contributed by atoms with Gasteiger partial charge in [-0.2, -0.15) is 18.3 Å². The molecule has 3 aromatic rings. The highest BCUT2D eigenvalue weighted by molar-refractivity contribution is 5.92. The average molecular weight is 431 g/mol. The molecule has 2 atom stereocenters. The molecule has 1 amide bonds. The number of aryl methyl sites for hydroxylation is 1. The number of nitrogens with one attached hydrogen (secondary N) is 1. The van der Waals surface area contributed by atoms with Crippen LogP contribution in [0.3, 0.4) is 0 Å². The molecule has 0 unspecified atom stereocenters. The van der Waals surface area contributed by atoms with Crippen molar-refractivity contribution < 1.29 is 22.4 Å². The van der Waals surface area contributed by atoms with Crippen molar-refractivity contribution in [1.29, 1.82) is 0 Å². The number of rotatable bonds is 4. The summed E-state index contributed by atoms with van der Waals surface area (Å²) < 4.78 is 54.6. The van der Waals surface area contributed by atoms with Gasteiger partial charge in [-0.05, 0) is 43.2 Å². The van der Waals surface area contributed by atoms with Gasteiger partial charge in [-0.25, -0.2) is 9.07 Å². The molecule has 1 N–H and O–H groups in total. The standard InChI is InChI=1S/C22H17F4N3O2/c1-12-9-19(30)20(28-29(12)18-8-3-2-7-16(18)22(24,25)26)21(31)27-17-11-15(17)13-5-4-6-14(23)10-13/h2-10,15,17H,11H2,1H3,(H,27,31)/t15-,17+/m1/s1. The number of amides is 1. The molecule has 1 heterocycles. The van der Waals surface area contributed by atoms with E-state index in [1.54, 1.807) is 12.1 Å². The lowest BCUT2D eigenvalue weighted by atomic mass is 10.1. The number of nitrogens with zero attached hydrogens (tertiary/aromatic N) is 2. The fourth-order valence-corrected chi connectivity index (χ4v) is 3.54. The predicted octanol–water partition coefficient (Wildman–Crippen LogP) is 3.98. The molecule has 9 heteroatoms. The second kappa shape index (κ2) is 7.64. The van der Waals surface area contributed by atoms with Crippen LogP contribution in [0.1, 0.15) is 39.6 Å². The third-order valence-electron chi connectivity index (χ3n) is 5.14. The van der Waals surface area contributed by atoms with Gasteiger partial charge in [0, 0.05) is 23.7 Å². The van der Waals surface area contributed by atoms with E-state index in [-0.39, 0.29) is 29.2 Å². The molecule has 0 bridgehead atoms. The molecule has 1 saturated carbocycles. The molecule has 4 rings (SSSR count). The van der Waals surface area contributed by atoms with Crippen molar-refractivity contribution in [2.45, 2.75) is 31.5 Å². The summed E-state index contributed by atoms with van der Waals surface area (Å²) >= 11 is 0. The van der Waals surface area contributed by atoms with Gasteiger partial charge in [0.2, 0.25) is 5.43 Å². The first-order chi connectivity index (χ1) is 14.6. The molecule has 1 aromatic heterocycles. The van der Waals surface area contributed by atoms with E-state index in [4.69, 9.17) is 0 Å². The Hall–Kier alpha value is -3.49. The maximum Gasteiger partial charge on any atom is 0.418 e. The van der Waals surface area contributed by atoms with Crippen LogP contribution in [0.2, 0.25) is 0 Å². The summed E-state index contributed by atoms with van der Waals surface area (Å²) in [5.41, 5.74) is -1.55. The van der Waals surface area contributed by atoms with Gasteiger partial charge in [-0.15, -0.1) is 0 Å². The molecule has 0 spiro atoms. The zero-order valence-electron chi connectivity index (χ0n) is 16.3. The monoisotopic (exact) mass is 431 g/mol. The molecule has 0 aliphatic heterocycles. The Kier molecular flexibility index (Phi) is 5.12. The Morgan fingerprint density at radius 2 is 1.87 bits per heavy atom. The first kappa shape index (κ1) is 20.8. The summed E-state index contributed by atoms with van der Waals surface area (Å²) in [7, 11) is 0. The Morgan fingerprint density at radius 1 is 1.13 bits per heavy atom. The van der Waals surface area contributed by atoms with E-state index in [2.05, 4.69) is 10.4 Å². The van der Waals surface area contributed by atoms with Crippen molar-refractivity contribution in [3.8, 4) is 5.69 Å². The van der Waals surface area contributed by atoms with E-state index in [1.165, 1.54) is 37.3 Å². The molecule has 5 nitrogen and oxygen atoms in total. The zero-order valence-corrected chi connectivity index (χ0v) is 16.3. The van der Waals surface area contributed by atoms with Gasteiger partial charge in [0.05, 0.1) is 11.3 Å². The number of aromatic nitrogens is 2. The molecular weight excluding hydrogens is 414 g/mol. The van der Waals surface area contributed by atoms with Crippen molar-refractivity contribution >= 4 is 5.91 Å². The smallest absolute Gasteiger partial charge is 0.347 e. The largest absolute Gasteiger partial charge is 0.418 e. The van der Waals surface area contributed by atoms with E-state index >= 15 is 0 Å². The summed E-state index contributed by atoms with van der Waals surface area (Å²) in [6, 6.07) is 11.6. The van der Waals surface area contributed by atoms with Crippen LogP contribution >= 0.6 is 0 Å². The van der Waals surface area contributed by atoms with Crippen LogP contribution < -0.4 is 10.7 Å². The molecule has 0 radical (unpaired) electrons. The molecule has 1 fully saturated rings. The van der Waals surface area contributed by atoms with Crippen molar-refractivity contribution in [3.63, 3.8) is 0 Å². The number of halogens is 4. The van der Waals surface area contributed by atoms with Crippen molar-refractivity contribution in [3.05, 3.63) is 93.2 Å². The van der Waals surface area contributed by atoms with E-state index in [1.807, 2.05) is 0 Å². The molecule has 31 heavy (non-hydrogen) atoms. The summed E-state index contributed by atoms with van der Waals surface area (Å²) in [6.07, 6.45) is -4.07. The third kappa shape index (κ3) is 4.21. The number of alkyl halides is 3. The van der Waals surface area contributed by atoms with E-state index in [0.29, 0.717) is 6.42 Å². The van der Waals surface area contributed by atoms with Gasteiger partial charge in [-0.3, -0.25) is 9.59 Å². The quantitative estimate of drug-likeness (QED) is 0.636. The number of carbonyl (C=O) groups excluding carboxylic acids is 1. The minimum Gasteiger partial charge on any atom is -0.347 e. The number of hydrogen-bond acceptors (Lipinski definition) is 3. The van der Waals surface area contributed by atoms with E-state index in [9.17, 15) is 27.2 Å². The van der Waals surface area contributed by atoms with Crippen LogP contribution in [0.15, 0.2) is 59.4 Å². The van der Waals surface area contributed by atoms with E-state index < -0.39 is 28.8 Å². The molecule has 1 aliphatic carbocycles. The fraction of sp³-hybridized carbons (Fsp3) is 0.227. The highest BCUT2D eigenvalue weighted by Gasteiger charge is 2.40. The maximum absolute atomic E-state index is 13.4. The molecule has 160 valence electrons. The zero-order chi connectivity index (χ0) is 22.3. The van der Waals surface area contributed by atoms with Gasteiger partial charge in [0.1, 0.15) is 5.82 Å². The fourth-order valence-electron chi connectivity index (χ4n) is 3.54. The van der Waals surface area contributed by atoms with Crippen molar-refractivity contribution in [1.82, 2.24) is 15.1 Å². The Bertz CT molecular complexity index is 1220. The lowest BCUT2D eigenvalue weighted by Gasteiger charge is -2.16. The summed E-state index contributed by atoms with van der Waals surface area (Å²) in [6.45, 7) is 1.43. The molecular formula is C22H17F4N3O2. The van der Waals surface area contributed by atoms with Gasteiger partial charge in [-0.1, -0.05) is 24.3 Å². The van der Waals surface area contributed by atoms with Crippen LogP contribution in [0.5, 0.6) is 0 Å². The first-order valence-corrected chi connectivity index (χ1v) is 9.49.